The number of unbranched alkanes of at least 4 members (excludes halogenated alkanes) is 1. The van der Waals surface area contributed by atoms with Crippen LogP contribution in [0, 0.1) is 6.92 Å². The number of imidazole rings is 1. The van der Waals surface area contributed by atoms with Gasteiger partial charge < -0.3 is 10.1 Å². The molecule has 0 saturated heterocycles. The lowest BCUT2D eigenvalue weighted by Crippen LogP contribution is -2.07. The molecule has 0 radical (unpaired) electrons. The van der Waals surface area contributed by atoms with E-state index in [9.17, 15) is 0 Å². The first-order chi connectivity index (χ1) is 9.24. The summed E-state index contributed by atoms with van der Waals surface area (Å²) in [5.74, 6) is 1.76. The van der Waals surface area contributed by atoms with E-state index in [0.717, 1.165) is 36.0 Å². The molecular formula is C15H21N3O. The van der Waals surface area contributed by atoms with Crippen molar-refractivity contribution in [2.45, 2.75) is 26.7 Å². The lowest BCUT2D eigenvalue weighted by atomic mass is 10.3. The lowest BCUT2D eigenvalue weighted by Gasteiger charge is -2.10. The standard InChI is InChI=1S/C15H21N3O/c1-4-5-10-16-15-17-12(2)11-18(15)13-6-8-14(19-3)9-7-13/h6-9,11H,4-5,10H2,1-3H3,(H,16,17). The second-order valence-electron chi connectivity index (χ2n) is 4.55. The van der Waals surface area contributed by atoms with Gasteiger partial charge in [0.2, 0.25) is 5.95 Å². The lowest BCUT2D eigenvalue weighted by molar-refractivity contribution is 0.415. The SMILES string of the molecule is CCCCNc1nc(C)cn1-c1ccc(OC)cc1. The maximum Gasteiger partial charge on any atom is 0.207 e. The second kappa shape index (κ2) is 6.27. The summed E-state index contributed by atoms with van der Waals surface area (Å²) in [6.07, 6.45) is 4.36. The number of hydrogen-bond donors (Lipinski definition) is 1. The molecule has 4 heteroatoms. The molecule has 102 valence electrons. The molecule has 0 spiro atoms. The number of anilines is 1. The first-order valence-corrected chi connectivity index (χ1v) is 6.69. The fraction of sp³-hybridized carbons (Fsp3) is 0.400. The molecule has 0 aliphatic rings. The molecule has 0 atom stereocenters. The summed E-state index contributed by atoms with van der Waals surface area (Å²) in [5.41, 5.74) is 2.09. The maximum absolute atomic E-state index is 5.18. The van der Waals surface area contributed by atoms with E-state index in [4.69, 9.17) is 4.74 Å². The minimum Gasteiger partial charge on any atom is -0.497 e. The van der Waals surface area contributed by atoms with Gasteiger partial charge in [-0.05, 0) is 37.6 Å². The summed E-state index contributed by atoms with van der Waals surface area (Å²) in [5, 5.41) is 3.38. The van der Waals surface area contributed by atoms with E-state index in [1.54, 1.807) is 7.11 Å². The Kier molecular flexibility index (Phi) is 4.44. The van der Waals surface area contributed by atoms with Crippen molar-refractivity contribution in [3.8, 4) is 11.4 Å². The highest BCUT2D eigenvalue weighted by Gasteiger charge is 2.07. The molecule has 19 heavy (non-hydrogen) atoms. The normalized spacial score (nSPS) is 10.5. The smallest absolute Gasteiger partial charge is 0.207 e. The quantitative estimate of drug-likeness (QED) is 0.808. The first kappa shape index (κ1) is 13.5. The molecule has 0 amide bonds. The zero-order chi connectivity index (χ0) is 13.7. The van der Waals surface area contributed by atoms with Crippen molar-refractivity contribution in [3.63, 3.8) is 0 Å². The fourth-order valence-electron chi connectivity index (χ4n) is 1.94. The van der Waals surface area contributed by atoms with E-state index in [1.807, 2.05) is 37.4 Å². The van der Waals surface area contributed by atoms with Gasteiger partial charge in [0, 0.05) is 18.4 Å². The van der Waals surface area contributed by atoms with Crippen LogP contribution in [0.4, 0.5) is 5.95 Å². The average Bonchev–Trinajstić information content (AvgIpc) is 2.80. The number of rotatable bonds is 6. The maximum atomic E-state index is 5.18. The van der Waals surface area contributed by atoms with Crippen LogP contribution in [0.1, 0.15) is 25.5 Å². The summed E-state index contributed by atoms with van der Waals surface area (Å²) in [4.78, 5) is 4.52. The molecule has 1 aromatic carbocycles. The van der Waals surface area contributed by atoms with Gasteiger partial charge >= 0.3 is 0 Å². The van der Waals surface area contributed by atoms with E-state index >= 15 is 0 Å². The summed E-state index contributed by atoms with van der Waals surface area (Å²) in [6.45, 7) is 5.14. The van der Waals surface area contributed by atoms with Crippen LogP contribution in [0.5, 0.6) is 5.75 Å². The summed E-state index contributed by atoms with van der Waals surface area (Å²) < 4.78 is 7.25. The van der Waals surface area contributed by atoms with Gasteiger partial charge in [-0.1, -0.05) is 13.3 Å². The number of nitrogens with zero attached hydrogens (tertiary/aromatic N) is 2. The van der Waals surface area contributed by atoms with E-state index in [0.29, 0.717) is 0 Å². The van der Waals surface area contributed by atoms with Gasteiger partial charge in [0.25, 0.3) is 0 Å². The van der Waals surface area contributed by atoms with Gasteiger partial charge in [-0.3, -0.25) is 4.57 Å². The molecule has 0 unspecified atom stereocenters. The van der Waals surface area contributed by atoms with Crippen LogP contribution in [-0.4, -0.2) is 23.2 Å². The Morgan fingerprint density at radius 1 is 1.26 bits per heavy atom. The molecule has 2 rings (SSSR count). The van der Waals surface area contributed by atoms with Crippen LogP contribution >= 0.6 is 0 Å². The number of methoxy groups -OCH3 is 1. The van der Waals surface area contributed by atoms with Crippen LogP contribution < -0.4 is 10.1 Å². The third-order valence-corrected chi connectivity index (χ3v) is 2.99. The molecule has 0 aliphatic heterocycles. The van der Waals surface area contributed by atoms with Gasteiger partial charge in [-0.25, -0.2) is 4.98 Å². The molecule has 1 heterocycles. The fourth-order valence-corrected chi connectivity index (χ4v) is 1.94. The predicted octanol–water partition coefficient (Wildman–Crippen LogP) is 3.40. The highest BCUT2D eigenvalue weighted by atomic mass is 16.5. The number of nitrogens with one attached hydrogen (secondary N) is 1. The highest BCUT2D eigenvalue weighted by Crippen LogP contribution is 2.19. The van der Waals surface area contributed by atoms with Crippen LogP contribution in [0.15, 0.2) is 30.5 Å². The molecule has 2 aromatic rings. The Balaban J connectivity index is 2.22. The Bertz CT molecular complexity index is 517. The Hall–Kier alpha value is -1.97. The number of aromatic nitrogens is 2. The molecule has 0 bridgehead atoms. The third kappa shape index (κ3) is 3.28. The number of ether oxygens (including phenoxy) is 1. The zero-order valence-electron chi connectivity index (χ0n) is 11.8. The van der Waals surface area contributed by atoms with Gasteiger partial charge in [-0.15, -0.1) is 0 Å². The van der Waals surface area contributed by atoms with Gasteiger partial charge in [0.1, 0.15) is 5.75 Å². The monoisotopic (exact) mass is 259 g/mol. The highest BCUT2D eigenvalue weighted by molar-refractivity contribution is 5.45. The van der Waals surface area contributed by atoms with E-state index in [2.05, 4.69) is 21.8 Å². The van der Waals surface area contributed by atoms with Crippen LogP contribution in [0.2, 0.25) is 0 Å². The summed E-state index contributed by atoms with van der Waals surface area (Å²) >= 11 is 0. The Morgan fingerprint density at radius 2 is 2.00 bits per heavy atom. The molecule has 1 N–H and O–H groups in total. The van der Waals surface area contributed by atoms with Crippen molar-refractivity contribution in [3.05, 3.63) is 36.2 Å². The molecule has 4 nitrogen and oxygen atoms in total. The van der Waals surface area contributed by atoms with E-state index < -0.39 is 0 Å². The second-order valence-corrected chi connectivity index (χ2v) is 4.55. The van der Waals surface area contributed by atoms with Crippen molar-refractivity contribution in [1.82, 2.24) is 9.55 Å². The van der Waals surface area contributed by atoms with Gasteiger partial charge in [-0.2, -0.15) is 0 Å². The third-order valence-electron chi connectivity index (χ3n) is 2.99. The Morgan fingerprint density at radius 3 is 2.63 bits per heavy atom. The molecule has 0 aliphatic carbocycles. The van der Waals surface area contributed by atoms with Crippen molar-refractivity contribution in [1.29, 1.82) is 0 Å². The van der Waals surface area contributed by atoms with E-state index in [-0.39, 0.29) is 0 Å². The number of hydrogen-bond acceptors (Lipinski definition) is 3. The van der Waals surface area contributed by atoms with Crippen molar-refractivity contribution >= 4 is 5.95 Å². The number of aryl methyl sites for hydroxylation is 1. The van der Waals surface area contributed by atoms with Gasteiger partial charge in [0.15, 0.2) is 0 Å². The van der Waals surface area contributed by atoms with Gasteiger partial charge in [0.05, 0.1) is 12.8 Å². The Labute approximate surface area is 114 Å². The molecule has 1 aromatic heterocycles. The minimum atomic E-state index is 0.862. The van der Waals surface area contributed by atoms with Crippen molar-refractivity contribution in [2.75, 3.05) is 19.0 Å². The van der Waals surface area contributed by atoms with Crippen LogP contribution in [0.3, 0.4) is 0 Å². The molecular weight excluding hydrogens is 238 g/mol. The zero-order valence-corrected chi connectivity index (χ0v) is 11.8. The minimum absolute atomic E-state index is 0.862. The van der Waals surface area contributed by atoms with E-state index in [1.165, 1.54) is 6.42 Å². The molecule has 0 saturated carbocycles. The van der Waals surface area contributed by atoms with Crippen LogP contribution in [0.25, 0.3) is 5.69 Å². The number of benzene rings is 1. The van der Waals surface area contributed by atoms with Crippen molar-refractivity contribution < 1.29 is 4.74 Å². The molecule has 0 fully saturated rings. The first-order valence-electron chi connectivity index (χ1n) is 6.69. The predicted molar refractivity (Wildman–Crippen MR) is 78.3 cm³/mol. The topological polar surface area (TPSA) is 39.1 Å². The average molecular weight is 259 g/mol. The van der Waals surface area contributed by atoms with Crippen molar-refractivity contribution in [2.24, 2.45) is 0 Å². The van der Waals surface area contributed by atoms with Crippen LogP contribution in [-0.2, 0) is 0 Å². The largest absolute Gasteiger partial charge is 0.497 e. The summed E-state index contributed by atoms with van der Waals surface area (Å²) in [7, 11) is 1.67. The summed E-state index contributed by atoms with van der Waals surface area (Å²) in [6, 6.07) is 7.98.